The lowest BCUT2D eigenvalue weighted by atomic mass is 10.2. The zero-order valence-corrected chi connectivity index (χ0v) is 11.0. The number of aromatic nitrogens is 1. The summed E-state index contributed by atoms with van der Waals surface area (Å²) in [6.45, 7) is 0. The van der Waals surface area contributed by atoms with Gasteiger partial charge in [-0.15, -0.1) is 0 Å². The van der Waals surface area contributed by atoms with Gasteiger partial charge in [-0.1, -0.05) is 29.3 Å². The van der Waals surface area contributed by atoms with Crippen LogP contribution in [0.1, 0.15) is 0 Å². The predicted octanol–water partition coefficient (Wildman–Crippen LogP) is 4.52. The summed E-state index contributed by atoms with van der Waals surface area (Å²) in [7, 11) is 0. The first kappa shape index (κ1) is 12.3. The molecule has 0 fully saturated rings. The van der Waals surface area contributed by atoms with Crippen LogP contribution < -0.4 is 5.73 Å². The van der Waals surface area contributed by atoms with E-state index in [-0.39, 0.29) is 16.5 Å². The highest BCUT2D eigenvalue weighted by atomic mass is 35.5. The first-order chi connectivity index (χ1) is 9.06. The molecule has 6 heteroatoms. The van der Waals surface area contributed by atoms with E-state index in [0.717, 1.165) is 0 Å². The van der Waals surface area contributed by atoms with Gasteiger partial charge in [0.05, 0.1) is 15.6 Å². The zero-order valence-electron chi connectivity index (χ0n) is 9.45. The third kappa shape index (κ3) is 2.03. The van der Waals surface area contributed by atoms with Gasteiger partial charge in [-0.25, -0.2) is 9.37 Å². The number of anilines is 1. The normalized spacial score (nSPS) is 11.1. The van der Waals surface area contributed by atoms with Crippen LogP contribution in [0.3, 0.4) is 0 Å². The Morgan fingerprint density at radius 3 is 2.68 bits per heavy atom. The minimum atomic E-state index is -0.566. The number of hydrogen-bond donors (Lipinski definition) is 1. The van der Waals surface area contributed by atoms with Gasteiger partial charge in [0.2, 0.25) is 5.89 Å². The number of nitrogens with two attached hydrogens (primary N) is 1. The van der Waals surface area contributed by atoms with Crippen molar-refractivity contribution in [3.8, 4) is 11.5 Å². The fourth-order valence-electron chi connectivity index (χ4n) is 1.80. The molecule has 0 bridgehead atoms. The maximum absolute atomic E-state index is 13.3. The van der Waals surface area contributed by atoms with Gasteiger partial charge in [0.15, 0.2) is 5.58 Å². The standard InChI is InChI=1S/C13H7Cl2FN2O/c14-6-2-1-3-9(17)12(6)13-18-10-4-7(15)8(16)5-11(10)19-13/h1-5H,17H2. The Balaban J connectivity index is 2.26. The summed E-state index contributed by atoms with van der Waals surface area (Å²) in [5.41, 5.74) is 7.50. The third-order valence-electron chi connectivity index (χ3n) is 2.69. The highest BCUT2D eigenvalue weighted by Crippen LogP contribution is 2.35. The van der Waals surface area contributed by atoms with Crippen molar-refractivity contribution >= 4 is 40.0 Å². The lowest BCUT2D eigenvalue weighted by Crippen LogP contribution is -1.90. The van der Waals surface area contributed by atoms with E-state index in [1.165, 1.54) is 12.1 Å². The van der Waals surface area contributed by atoms with E-state index >= 15 is 0 Å². The Kier molecular flexibility index (Phi) is 2.84. The van der Waals surface area contributed by atoms with Crippen LogP contribution in [-0.4, -0.2) is 4.98 Å². The Bertz CT molecular complexity index is 726. The van der Waals surface area contributed by atoms with Crippen LogP contribution in [0, 0.1) is 5.82 Å². The summed E-state index contributed by atoms with van der Waals surface area (Å²) in [6.07, 6.45) is 0. The molecule has 0 saturated carbocycles. The number of nitrogen functional groups attached to an aromatic ring is 1. The van der Waals surface area contributed by atoms with Crippen LogP contribution in [0.2, 0.25) is 10.0 Å². The minimum Gasteiger partial charge on any atom is -0.436 e. The number of rotatable bonds is 1. The van der Waals surface area contributed by atoms with E-state index in [2.05, 4.69) is 4.98 Å². The molecule has 0 unspecified atom stereocenters. The van der Waals surface area contributed by atoms with Crippen molar-refractivity contribution in [1.82, 2.24) is 4.98 Å². The van der Waals surface area contributed by atoms with E-state index in [9.17, 15) is 4.39 Å². The topological polar surface area (TPSA) is 52.0 Å². The van der Waals surface area contributed by atoms with E-state index in [1.54, 1.807) is 18.2 Å². The van der Waals surface area contributed by atoms with Gasteiger partial charge < -0.3 is 10.2 Å². The van der Waals surface area contributed by atoms with Crippen molar-refractivity contribution in [3.63, 3.8) is 0 Å². The summed E-state index contributed by atoms with van der Waals surface area (Å²) in [5, 5.41) is 0.401. The van der Waals surface area contributed by atoms with Crippen molar-refractivity contribution in [2.24, 2.45) is 0 Å². The molecule has 96 valence electrons. The Morgan fingerprint density at radius 2 is 1.95 bits per heavy atom. The number of oxazole rings is 1. The molecule has 0 aliphatic heterocycles. The summed E-state index contributed by atoms with van der Waals surface area (Å²) >= 11 is 11.8. The molecule has 0 aliphatic carbocycles. The molecule has 0 radical (unpaired) electrons. The van der Waals surface area contributed by atoms with Crippen molar-refractivity contribution in [2.75, 3.05) is 5.73 Å². The molecule has 0 saturated heterocycles. The smallest absolute Gasteiger partial charge is 0.230 e. The maximum Gasteiger partial charge on any atom is 0.230 e. The van der Waals surface area contributed by atoms with Gasteiger partial charge in [-0.2, -0.15) is 0 Å². The van der Waals surface area contributed by atoms with Crippen LogP contribution in [-0.2, 0) is 0 Å². The second-order valence-electron chi connectivity index (χ2n) is 3.96. The molecular formula is C13H7Cl2FN2O. The highest BCUT2D eigenvalue weighted by Gasteiger charge is 2.16. The number of nitrogens with zero attached hydrogens (tertiary/aromatic N) is 1. The number of benzene rings is 2. The van der Waals surface area contributed by atoms with Crippen molar-refractivity contribution in [3.05, 3.63) is 46.2 Å². The minimum absolute atomic E-state index is 0.0144. The lowest BCUT2D eigenvalue weighted by molar-refractivity contribution is 0.603. The molecule has 0 atom stereocenters. The second kappa shape index (κ2) is 4.40. The van der Waals surface area contributed by atoms with Crippen LogP contribution in [0.4, 0.5) is 10.1 Å². The van der Waals surface area contributed by atoms with Crippen LogP contribution in [0.25, 0.3) is 22.6 Å². The van der Waals surface area contributed by atoms with Gasteiger partial charge in [0.1, 0.15) is 11.3 Å². The summed E-state index contributed by atoms with van der Waals surface area (Å²) in [4.78, 5) is 4.22. The second-order valence-corrected chi connectivity index (χ2v) is 4.77. The summed E-state index contributed by atoms with van der Waals surface area (Å²) < 4.78 is 18.8. The predicted molar refractivity (Wildman–Crippen MR) is 73.8 cm³/mol. The Labute approximate surface area is 117 Å². The zero-order chi connectivity index (χ0) is 13.6. The number of fused-ring (bicyclic) bond motifs is 1. The largest absolute Gasteiger partial charge is 0.436 e. The first-order valence-corrected chi connectivity index (χ1v) is 6.12. The van der Waals surface area contributed by atoms with Crippen LogP contribution >= 0.6 is 23.2 Å². The summed E-state index contributed by atoms with van der Waals surface area (Å²) in [5.74, 6) is -0.330. The average molecular weight is 297 g/mol. The SMILES string of the molecule is Nc1cccc(Cl)c1-c1nc2cc(Cl)c(F)cc2o1. The quantitative estimate of drug-likeness (QED) is 0.672. The molecule has 2 N–H and O–H groups in total. The van der Waals surface area contributed by atoms with Gasteiger partial charge in [0, 0.05) is 11.8 Å². The van der Waals surface area contributed by atoms with E-state index in [1.807, 2.05) is 0 Å². The maximum atomic E-state index is 13.3. The van der Waals surface area contributed by atoms with Crippen LogP contribution in [0.5, 0.6) is 0 Å². The Hall–Kier alpha value is -1.78. The molecule has 2 aromatic carbocycles. The molecule has 0 aliphatic rings. The Morgan fingerprint density at radius 1 is 1.16 bits per heavy atom. The molecule has 3 rings (SSSR count). The molecular weight excluding hydrogens is 290 g/mol. The lowest BCUT2D eigenvalue weighted by Gasteiger charge is -2.02. The molecule has 1 aromatic heterocycles. The van der Waals surface area contributed by atoms with E-state index < -0.39 is 5.82 Å². The number of hydrogen-bond acceptors (Lipinski definition) is 3. The molecule has 19 heavy (non-hydrogen) atoms. The fourth-order valence-corrected chi connectivity index (χ4v) is 2.22. The molecule has 1 heterocycles. The van der Waals surface area contributed by atoms with Crippen molar-refractivity contribution in [1.29, 1.82) is 0 Å². The summed E-state index contributed by atoms with van der Waals surface area (Å²) in [6, 6.07) is 7.66. The molecule has 0 spiro atoms. The molecule has 3 aromatic rings. The molecule has 0 amide bonds. The van der Waals surface area contributed by atoms with Crippen molar-refractivity contribution < 1.29 is 8.81 Å². The van der Waals surface area contributed by atoms with Gasteiger partial charge in [-0.3, -0.25) is 0 Å². The highest BCUT2D eigenvalue weighted by molar-refractivity contribution is 6.34. The third-order valence-corrected chi connectivity index (χ3v) is 3.29. The monoisotopic (exact) mass is 296 g/mol. The van der Waals surface area contributed by atoms with Gasteiger partial charge in [-0.05, 0) is 18.2 Å². The average Bonchev–Trinajstić information content (AvgIpc) is 2.72. The number of halogens is 3. The van der Waals surface area contributed by atoms with Gasteiger partial charge in [0.25, 0.3) is 0 Å². The molecule has 3 nitrogen and oxygen atoms in total. The van der Waals surface area contributed by atoms with E-state index in [0.29, 0.717) is 21.8 Å². The van der Waals surface area contributed by atoms with Gasteiger partial charge >= 0.3 is 0 Å². The first-order valence-electron chi connectivity index (χ1n) is 5.36. The van der Waals surface area contributed by atoms with Crippen LogP contribution in [0.15, 0.2) is 34.7 Å². The van der Waals surface area contributed by atoms with Crippen molar-refractivity contribution in [2.45, 2.75) is 0 Å². The fraction of sp³-hybridized carbons (Fsp3) is 0. The van der Waals surface area contributed by atoms with E-state index in [4.69, 9.17) is 33.4 Å².